The van der Waals surface area contributed by atoms with Crippen LogP contribution in [0, 0.1) is 0 Å². The summed E-state index contributed by atoms with van der Waals surface area (Å²) in [6, 6.07) is 15.7. The van der Waals surface area contributed by atoms with Crippen molar-refractivity contribution in [2.45, 2.75) is 19.1 Å². The Morgan fingerprint density at radius 1 is 1.03 bits per heavy atom. The topological polar surface area (TPSA) is 66.8 Å². The van der Waals surface area contributed by atoms with E-state index in [0.717, 1.165) is 23.1 Å². The molecule has 0 radical (unpaired) electrons. The van der Waals surface area contributed by atoms with Crippen molar-refractivity contribution in [2.75, 3.05) is 11.5 Å². The molecule has 1 amide bonds. The number of alkyl halides is 3. The summed E-state index contributed by atoms with van der Waals surface area (Å²) in [5.74, 6) is -2.59. The number of halogens is 4. The normalized spacial score (nSPS) is 17.6. The third-order valence-corrected chi connectivity index (χ3v) is 5.78. The van der Waals surface area contributed by atoms with E-state index in [1.165, 1.54) is 24.3 Å². The summed E-state index contributed by atoms with van der Waals surface area (Å²) in [6.07, 6.45) is -4.70. The van der Waals surface area contributed by atoms with Gasteiger partial charge in [-0.05, 0) is 42.8 Å². The first-order valence-corrected chi connectivity index (χ1v) is 11.0. The van der Waals surface area contributed by atoms with Crippen LogP contribution < -0.4 is 9.64 Å². The molecule has 1 atom stereocenters. The largest absolute Gasteiger partial charge is 0.507 e. The Bertz CT molecular complexity index is 1300. The van der Waals surface area contributed by atoms with E-state index >= 15 is 0 Å². The zero-order chi connectivity index (χ0) is 25.3. The third kappa shape index (κ3) is 4.61. The van der Waals surface area contributed by atoms with E-state index in [9.17, 15) is 27.9 Å². The lowest BCUT2D eigenvalue weighted by Crippen LogP contribution is -2.30. The lowest BCUT2D eigenvalue weighted by molar-refractivity contribution is -0.137. The Hall–Kier alpha value is -3.78. The number of ether oxygens (including phenoxy) is 1. The van der Waals surface area contributed by atoms with Crippen LogP contribution in [0.4, 0.5) is 18.9 Å². The van der Waals surface area contributed by atoms with Gasteiger partial charge in [-0.2, -0.15) is 13.2 Å². The summed E-state index contributed by atoms with van der Waals surface area (Å²) in [6.45, 7) is 1.75. The van der Waals surface area contributed by atoms with Crippen molar-refractivity contribution in [1.29, 1.82) is 0 Å². The summed E-state index contributed by atoms with van der Waals surface area (Å²) < 4.78 is 46.2. The van der Waals surface area contributed by atoms with E-state index in [2.05, 4.69) is 0 Å². The molecule has 1 saturated heterocycles. The number of hydrogen-bond acceptors (Lipinski definition) is 4. The fourth-order valence-corrected chi connectivity index (χ4v) is 4.08. The maximum Gasteiger partial charge on any atom is 0.416 e. The van der Waals surface area contributed by atoms with Crippen molar-refractivity contribution in [3.05, 3.63) is 100 Å². The van der Waals surface area contributed by atoms with E-state index in [0.29, 0.717) is 10.6 Å². The van der Waals surface area contributed by atoms with Crippen molar-refractivity contribution in [3.63, 3.8) is 0 Å². The molecule has 0 spiro atoms. The average Bonchev–Trinajstić information content (AvgIpc) is 3.10. The summed E-state index contributed by atoms with van der Waals surface area (Å²) >= 11 is 6.01. The van der Waals surface area contributed by atoms with E-state index < -0.39 is 35.2 Å². The average molecular weight is 502 g/mol. The number of carbonyl (C=O) groups excluding carboxylic acids is 2. The first-order valence-electron chi connectivity index (χ1n) is 10.6. The summed E-state index contributed by atoms with van der Waals surface area (Å²) in [5, 5.41) is 11.4. The molecule has 4 rings (SSSR count). The fraction of sp³-hybridized carbons (Fsp3) is 0.154. The highest BCUT2D eigenvalue weighted by molar-refractivity contribution is 6.52. The first-order chi connectivity index (χ1) is 16.6. The molecule has 0 saturated carbocycles. The van der Waals surface area contributed by atoms with Crippen molar-refractivity contribution in [3.8, 4) is 5.75 Å². The van der Waals surface area contributed by atoms with Gasteiger partial charge in [0.1, 0.15) is 11.5 Å². The third-order valence-electron chi connectivity index (χ3n) is 5.52. The van der Waals surface area contributed by atoms with Gasteiger partial charge in [0, 0.05) is 10.6 Å². The van der Waals surface area contributed by atoms with Crippen LogP contribution in [-0.4, -0.2) is 23.4 Å². The fourth-order valence-electron chi connectivity index (χ4n) is 3.95. The minimum atomic E-state index is -4.70. The van der Waals surface area contributed by atoms with Gasteiger partial charge in [-0.1, -0.05) is 54.1 Å². The van der Waals surface area contributed by atoms with Gasteiger partial charge in [-0.15, -0.1) is 0 Å². The second kappa shape index (κ2) is 9.46. The maximum atomic E-state index is 13.6. The number of Topliss-reactive ketones (excluding diaryl/α,β-unsaturated/α-hetero) is 1. The molecule has 3 aromatic rings. The van der Waals surface area contributed by atoms with Gasteiger partial charge in [-0.25, -0.2) is 0 Å². The van der Waals surface area contributed by atoms with E-state index in [1.54, 1.807) is 37.3 Å². The van der Waals surface area contributed by atoms with E-state index in [-0.39, 0.29) is 29.2 Å². The summed E-state index contributed by atoms with van der Waals surface area (Å²) in [5.41, 5.74) is -0.875. The van der Waals surface area contributed by atoms with E-state index in [4.69, 9.17) is 16.3 Å². The first kappa shape index (κ1) is 24.3. The lowest BCUT2D eigenvalue weighted by atomic mass is 9.95. The number of aliphatic hydroxyl groups excluding tert-OH is 1. The molecule has 180 valence electrons. The van der Waals surface area contributed by atoms with Crippen LogP contribution in [-0.2, 0) is 15.8 Å². The van der Waals surface area contributed by atoms with Crippen LogP contribution in [0.25, 0.3) is 5.76 Å². The highest BCUT2D eigenvalue weighted by Gasteiger charge is 2.48. The van der Waals surface area contributed by atoms with Gasteiger partial charge in [0.05, 0.1) is 29.5 Å². The number of rotatable bonds is 5. The van der Waals surface area contributed by atoms with Gasteiger partial charge in [0.2, 0.25) is 0 Å². The number of benzene rings is 3. The number of nitrogens with zero attached hydrogens (tertiary/aromatic N) is 1. The minimum Gasteiger partial charge on any atom is -0.507 e. The molecule has 1 aliphatic heterocycles. The number of anilines is 1. The summed E-state index contributed by atoms with van der Waals surface area (Å²) in [4.78, 5) is 27.4. The standard InChI is InChI=1S/C26H19ClF3NO4/c1-2-35-20-13-10-17(26(28,29)30)14-19(20)31-22(15-8-11-18(27)12-9-15)21(24(33)25(31)34)23(32)16-6-4-3-5-7-16/h3-14,22,32H,2H2,1H3. The molecule has 0 aliphatic carbocycles. The molecular formula is C26H19ClF3NO4. The Balaban J connectivity index is 2.00. The molecule has 35 heavy (non-hydrogen) atoms. The molecule has 5 nitrogen and oxygen atoms in total. The number of ketones is 1. The van der Waals surface area contributed by atoms with Gasteiger partial charge < -0.3 is 9.84 Å². The molecule has 0 bridgehead atoms. The molecule has 9 heteroatoms. The highest BCUT2D eigenvalue weighted by Crippen LogP contribution is 2.46. The number of aliphatic hydroxyl groups is 1. The van der Waals surface area contributed by atoms with Crippen LogP contribution in [0.15, 0.2) is 78.4 Å². The van der Waals surface area contributed by atoms with Crippen LogP contribution in [0.1, 0.15) is 29.7 Å². The van der Waals surface area contributed by atoms with Gasteiger partial charge in [0.15, 0.2) is 0 Å². The molecule has 1 fully saturated rings. The molecule has 0 aromatic heterocycles. The van der Waals surface area contributed by atoms with Gasteiger partial charge >= 0.3 is 6.18 Å². The predicted octanol–water partition coefficient (Wildman–Crippen LogP) is 6.38. The second-order valence-electron chi connectivity index (χ2n) is 7.70. The predicted molar refractivity (Wildman–Crippen MR) is 125 cm³/mol. The van der Waals surface area contributed by atoms with Crippen molar-refractivity contribution in [1.82, 2.24) is 0 Å². The van der Waals surface area contributed by atoms with Crippen molar-refractivity contribution in [2.24, 2.45) is 0 Å². The van der Waals surface area contributed by atoms with Gasteiger partial charge in [0.25, 0.3) is 11.7 Å². The Labute approximate surface area is 204 Å². The summed E-state index contributed by atoms with van der Waals surface area (Å²) in [7, 11) is 0. The molecule has 1 aliphatic rings. The van der Waals surface area contributed by atoms with Gasteiger partial charge in [-0.3, -0.25) is 14.5 Å². The lowest BCUT2D eigenvalue weighted by Gasteiger charge is -2.27. The molecule has 3 aromatic carbocycles. The minimum absolute atomic E-state index is 0.0129. The Kier molecular flexibility index (Phi) is 6.58. The van der Waals surface area contributed by atoms with Crippen LogP contribution in [0.3, 0.4) is 0 Å². The molecule has 1 heterocycles. The highest BCUT2D eigenvalue weighted by atomic mass is 35.5. The Morgan fingerprint density at radius 2 is 1.69 bits per heavy atom. The second-order valence-corrected chi connectivity index (χ2v) is 8.14. The molecule has 1 N–H and O–H groups in total. The Morgan fingerprint density at radius 3 is 2.29 bits per heavy atom. The molecular weight excluding hydrogens is 483 g/mol. The maximum absolute atomic E-state index is 13.6. The quantitative estimate of drug-likeness (QED) is 0.250. The van der Waals surface area contributed by atoms with Crippen LogP contribution in [0.5, 0.6) is 5.75 Å². The van der Waals surface area contributed by atoms with Crippen LogP contribution >= 0.6 is 11.6 Å². The zero-order valence-corrected chi connectivity index (χ0v) is 19.1. The SMILES string of the molecule is CCOc1ccc(C(F)(F)F)cc1N1C(=O)C(=O)C(=C(O)c2ccccc2)C1c1ccc(Cl)cc1. The molecule has 1 unspecified atom stereocenters. The number of carbonyl (C=O) groups is 2. The smallest absolute Gasteiger partial charge is 0.416 e. The van der Waals surface area contributed by atoms with Crippen molar-refractivity contribution >= 4 is 34.7 Å². The van der Waals surface area contributed by atoms with Crippen LogP contribution in [0.2, 0.25) is 5.02 Å². The zero-order valence-electron chi connectivity index (χ0n) is 18.3. The number of hydrogen-bond donors (Lipinski definition) is 1. The van der Waals surface area contributed by atoms with Crippen molar-refractivity contribution < 1.29 is 32.6 Å². The van der Waals surface area contributed by atoms with E-state index in [1.807, 2.05) is 0 Å². The monoisotopic (exact) mass is 501 g/mol. The number of amides is 1.